The van der Waals surface area contributed by atoms with Crippen molar-refractivity contribution >= 4 is 5.91 Å². The van der Waals surface area contributed by atoms with Crippen LogP contribution < -0.4 is 0 Å². The zero-order valence-corrected chi connectivity index (χ0v) is 15.0. The Kier molecular flexibility index (Phi) is 5.56. The highest BCUT2D eigenvalue weighted by molar-refractivity contribution is 5.77. The number of aromatic nitrogens is 2. The SMILES string of the molecule is CO[C@@H]1CCC[C@@H]1[C@@H]1COCCN1C(=O)CCc1c(C)n[nH]c1C. The van der Waals surface area contributed by atoms with Crippen LogP contribution in [0.5, 0.6) is 0 Å². The predicted octanol–water partition coefficient (Wildman–Crippen LogP) is 2.00. The van der Waals surface area contributed by atoms with Gasteiger partial charge in [-0.1, -0.05) is 6.42 Å². The van der Waals surface area contributed by atoms with E-state index >= 15 is 0 Å². The molecule has 2 fully saturated rings. The Balaban J connectivity index is 1.65. The van der Waals surface area contributed by atoms with E-state index < -0.39 is 0 Å². The third-order valence-electron chi connectivity index (χ3n) is 5.66. The van der Waals surface area contributed by atoms with Gasteiger partial charge in [0, 0.05) is 31.7 Å². The Hall–Kier alpha value is -1.40. The van der Waals surface area contributed by atoms with Gasteiger partial charge in [0.2, 0.25) is 5.91 Å². The van der Waals surface area contributed by atoms with Crippen molar-refractivity contribution in [3.63, 3.8) is 0 Å². The number of ether oxygens (including phenoxy) is 2. The molecule has 1 saturated carbocycles. The number of aromatic amines is 1. The van der Waals surface area contributed by atoms with E-state index in [9.17, 15) is 4.79 Å². The molecule has 1 aromatic rings. The first-order valence-electron chi connectivity index (χ1n) is 9.02. The predicted molar refractivity (Wildman–Crippen MR) is 90.8 cm³/mol. The summed E-state index contributed by atoms with van der Waals surface area (Å²) in [6, 6.07) is 0.158. The van der Waals surface area contributed by atoms with E-state index in [1.54, 1.807) is 7.11 Å². The average Bonchev–Trinajstić information content (AvgIpc) is 3.19. The molecule has 134 valence electrons. The fourth-order valence-corrected chi connectivity index (χ4v) is 4.29. The van der Waals surface area contributed by atoms with E-state index in [0.29, 0.717) is 32.1 Å². The van der Waals surface area contributed by atoms with Gasteiger partial charge in [-0.05, 0) is 38.7 Å². The molecule has 3 rings (SSSR count). The molecule has 1 aliphatic heterocycles. The largest absolute Gasteiger partial charge is 0.381 e. The number of carbonyl (C=O) groups excluding carboxylic acids is 1. The molecule has 0 bridgehead atoms. The molecular formula is C18H29N3O3. The highest BCUT2D eigenvalue weighted by atomic mass is 16.5. The normalized spacial score (nSPS) is 27.6. The summed E-state index contributed by atoms with van der Waals surface area (Å²) in [4.78, 5) is 14.9. The minimum absolute atomic E-state index is 0.158. The molecule has 0 aromatic carbocycles. The van der Waals surface area contributed by atoms with Gasteiger partial charge < -0.3 is 14.4 Å². The third kappa shape index (κ3) is 3.49. The van der Waals surface area contributed by atoms with Crippen molar-refractivity contribution in [2.45, 2.75) is 58.1 Å². The number of aryl methyl sites for hydroxylation is 2. The van der Waals surface area contributed by atoms with Crippen LogP contribution in [-0.2, 0) is 20.7 Å². The van der Waals surface area contributed by atoms with Crippen LogP contribution in [0.2, 0.25) is 0 Å². The van der Waals surface area contributed by atoms with Gasteiger partial charge in [-0.25, -0.2) is 0 Å². The Morgan fingerprint density at radius 1 is 1.42 bits per heavy atom. The van der Waals surface area contributed by atoms with Crippen molar-refractivity contribution in [3.8, 4) is 0 Å². The minimum atomic E-state index is 0.158. The average molecular weight is 335 g/mol. The van der Waals surface area contributed by atoms with Gasteiger partial charge in [0.05, 0.1) is 31.1 Å². The Bertz CT molecular complexity index is 552. The lowest BCUT2D eigenvalue weighted by atomic mass is 9.93. The molecule has 0 spiro atoms. The highest BCUT2D eigenvalue weighted by Gasteiger charge is 2.40. The zero-order valence-electron chi connectivity index (χ0n) is 15.0. The van der Waals surface area contributed by atoms with Crippen molar-refractivity contribution < 1.29 is 14.3 Å². The maximum atomic E-state index is 12.9. The second-order valence-corrected chi connectivity index (χ2v) is 7.01. The van der Waals surface area contributed by atoms with Crippen LogP contribution in [0.1, 0.15) is 42.6 Å². The first kappa shape index (κ1) is 17.4. The molecular weight excluding hydrogens is 306 g/mol. The molecule has 6 nitrogen and oxygen atoms in total. The summed E-state index contributed by atoms with van der Waals surface area (Å²) in [6.45, 7) is 5.97. The van der Waals surface area contributed by atoms with Gasteiger partial charge in [0.15, 0.2) is 0 Å². The molecule has 1 N–H and O–H groups in total. The molecule has 2 heterocycles. The van der Waals surface area contributed by atoms with E-state index in [4.69, 9.17) is 9.47 Å². The lowest BCUT2D eigenvalue weighted by molar-refractivity contribution is -0.144. The molecule has 0 radical (unpaired) electrons. The quantitative estimate of drug-likeness (QED) is 0.894. The van der Waals surface area contributed by atoms with Crippen LogP contribution in [0, 0.1) is 19.8 Å². The molecule has 1 saturated heterocycles. The van der Waals surface area contributed by atoms with Gasteiger partial charge in [0.25, 0.3) is 0 Å². The van der Waals surface area contributed by atoms with Crippen molar-refractivity contribution in [1.29, 1.82) is 0 Å². The monoisotopic (exact) mass is 335 g/mol. The number of hydrogen-bond donors (Lipinski definition) is 1. The van der Waals surface area contributed by atoms with E-state index in [1.807, 2.05) is 13.8 Å². The maximum absolute atomic E-state index is 12.9. The molecule has 2 aliphatic rings. The standard InChI is InChI=1S/C18H29N3O3/c1-12-14(13(2)20-19-12)7-8-18(22)21-9-10-24-11-16(21)15-5-4-6-17(15)23-3/h15-17H,4-11H2,1-3H3,(H,19,20)/t15-,16+,17-/m1/s1. The summed E-state index contributed by atoms with van der Waals surface area (Å²) in [5.74, 6) is 0.627. The summed E-state index contributed by atoms with van der Waals surface area (Å²) in [5.41, 5.74) is 3.23. The molecule has 24 heavy (non-hydrogen) atoms. The van der Waals surface area contributed by atoms with Crippen LogP contribution in [0.3, 0.4) is 0 Å². The summed E-state index contributed by atoms with van der Waals surface area (Å²) < 4.78 is 11.3. The van der Waals surface area contributed by atoms with E-state index in [0.717, 1.165) is 30.7 Å². The second-order valence-electron chi connectivity index (χ2n) is 7.01. The third-order valence-corrected chi connectivity index (χ3v) is 5.66. The lowest BCUT2D eigenvalue weighted by Gasteiger charge is -2.40. The second kappa shape index (κ2) is 7.66. The van der Waals surface area contributed by atoms with Crippen molar-refractivity contribution in [1.82, 2.24) is 15.1 Å². The van der Waals surface area contributed by atoms with Crippen LogP contribution in [-0.4, -0.2) is 60.0 Å². The van der Waals surface area contributed by atoms with Crippen LogP contribution in [0.25, 0.3) is 0 Å². The highest BCUT2D eigenvalue weighted by Crippen LogP contribution is 2.34. The minimum Gasteiger partial charge on any atom is -0.381 e. The Labute approximate surface area is 143 Å². The molecule has 1 aliphatic carbocycles. The number of hydrogen-bond acceptors (Lipinski definition) is 4. The van der Waals surface area contributed by atoms with E-state index in [-0.39, 0.29) is 18.1 Å². The van der Waals surface area contributed by atoms with Gasteiger partial charge >= 0.3 is 0 Å². The van der Waals surface area contributed by atoms with Gasteiger partial charge in [-0.3, -0.25) is 9.89 Å². The summed E-state index contributed by atoms with van der Waals surface area (Å²) in [7, 11) is 1.78. The van der Waals surface area contributed by atoms with Crippen LogP contribution >= 0.6 is 0 Å². The first-order valence-corrected chi connectivity index (χ1v) is 9.02. The maximum Gasteiger partial charge on any atom is 0.223 e. The number of rotatable bonds is 5. The van der Waals surface area contributed by atoms with Crippen LogP contribution in [0.4, 0.5) is 0 Å². The number of nitrogens with zero attached hydrogens (tertiary/aromatic N) is 2. The smallest absolute Gasteiger partial charge is 0.223 e. The van der Waals surface area contributed by atoms with Crippen molar-refractivity contribution in [3.05, 3.63) is 17.0 Å². The van der Waals surface area contributed by atoms with E-state index in [1.165, 1.54) is 12.0 Å². The Morgan fingerprint density at radius 2 is 2.25 bits per heavy atom. The number of amides is 1. The fourth-order valence-electron chi connectivity index (χ4n) is 4.29. The summed E-state index contributed by atoms with van der Waals surface area (Å²) >= 11 is 0. The zero-order chi connectivity index (χ0) is 17.1. The van der Waals surface area contributed by atoms with Crippen molar-refractivity contribution in [2.24, 2.45) is 5.92 Å². The van der Waals surface area contributed by atoms with Crippen LogP contribution in [0.15, 0.2) is 0 Å². The molecule has 0 unspecified atom stereocenters. The van der Waals surface area contributed by atoms with Gasteiger partial charge in [0.1, 0.15) is 0 Å². The van der Waals surface area contributed by atoms with Gasteiger partial charge in [-0.2, -0.15) is 5.10 Å². The summed E-state index contributed by atoms with van der Waals surface area (Å²) in [5, 5.41) is 7.21. The molecule has 1 amide bonds. The molecule has 6 heteroatoms. The van der Waals surface area contributed by atoms with Crippen molar-refractivity contribution in [2.75, 3.05) is 26.9 Å². The number of H-pyrrole nitrogens is 1. The number of nitrogens with one attached hydrogen (secondary N) is 1. The fraction of sp³-hybridized carbons (Fsp3) is 0.778. The first-order chi connectivity index (χ1) is 11.6. The molecule has 1 aromatic heterocycles. The van der Waals surface area contributed by atoms with Gasteiger partial charge in [-0.15, -0.1) is 0 Å². The topological polar surface area (TPSA) is 67.5 Å². The Morgan fingerprint density at radius 3 is 2.96 bits per heavy atom. The van der Waals surface area contributed by atoms with E-state index in [2.05, 4.69) is 15.1 Å². The number of methoxy groups -OCH3 is 1. The number of carbonyl (C=O) groups is 1. The summed E-state index contributed by atoms with van der Waals surface area (Å²) in [6.07, 6.45) is 4.92. The lowest BCUT2D eigenvalue weighted by Crippen LogP contribution is -2.53. The number of morpholine rings is 1. The molecule has 3 atom stereocenters.